The van der Waals surface area contributed by atoms with Gasteiger partial charge in [-0.05, 0) is 25.8 Å². The molecule has 2 heterocycles. The summed E-state index contributed by atoms with van der Waals surface area (Å²) in [5.74, 6) is 0.343. The van der Waals surface area contributed by atoms with Crippen molar-refractivity contribution in [2.24, 2.45) is 5.73 Å². The van der Waals surface area contributed by atoms with Gasteiger partial charge in [-0.3, -0.25) is 4.79 Å². The van der Waals surface area contributed by atoms with Crippen molar-refractivity contribution in [1.29, 1.82) is 0 Å². The van der Waals surface area contributed by atoms with Crippen LogP contribution >= 0.6 is 0 Å². The molecule has 0 amide bonds. The molecule has 0 aliphatic rings. The Morgan fingerprint density at radius 1 is 1.53 bits per heavy atom. The number of hydrogen-bond acceptors (Lipinski definition) is 3. The van der Waals surface area contributed by atoms with E-state index in [4.69, 9.17) is 5.73 Å². The number of rotatable bonds is 3. The first-order chi connectivity index (χ1) is 8.04. The summed E-state index contributed by atoms with van der Waals surface area (Å²) in [6.07, 6.45) is 0.577. The van der Waals surface area contributed by atoms with Gasteiger partial charge in [0, 0.05) is 17.3 Å². The van der Waals surface area contributed by atoms with Gasteiger partial charge in [-0.25, -0.2) is 4.52 Å². The maximum Gasteiger partial charge on any atom is 0.254 e. The van der Waals surface area contributed by atoms with Crippen LogP contribution in [0.5, 0.6) is 0 Å². The van der Waals surface area contributed by atoms with Crippen LogP contribution in [0, 0.1) is 6.92 Å². The van der Waals surface area contributed by atoms with Crippen LogP contribution in [0.15, 0.2) is 10.9 Å². The van der Waals surface area contributed by atoms with Gasteiger partial charge in [0.2, 0.25) is 0 Å². The SMILES string of the molecule is Cc1c(CCN)c(=O)[nH]c2cc(C(C)C)nn12. The third-order valence-corrected chi connectivity index (χ3v) is 2.98. The fourth-order valence-electron chi connectivity index (χ4n) is 1.95. The van der Waals surface area contributed by atoms with Crippen LogP contribution in [0.2, 0.25) is 0 Å². The van der Waals surface area contributed by atoms with E-state index in [-0.39, 0.29) is 5.56 Å². The van der Waals surface area contributed by atoms with Crippen molar-refractivity contribution < 1.29 is 0 Å². The molecule has 0 unspecified atom stereocenters. The highest BCUT2D eigenvalue weighted by Gasteiger charge is 2.12. The molecule has 92 valence electrons. The number of fused-ring (bicyclic) bond motifs is 1. The van der Waals surface area contributed by atoms with Crippen LogP contribution in [0.3, 0.4) is 0 Å². The molecule has 2 rings (SSSR count). The lowest BCUT2D eigenvalue weighted by Crippen LogP contribution is -2.21. The van der Waals surface area contributed by atoms with Crippen LogP contribution in [0.1, 0.15) is 36.7 Å². The molecule has 3 N–H and O–H groups in total. The lowest BCUT2D eigenvalue weighted by atomic mass is 10.1. The number of H-pyrrole nitrogens is 1. The van der Waals surface area contributed by atoms with E-state index < -0.39 is 0 Å². The second-order valence-electron chi connectivity index (χ2n) is 4.58. The van der Waals surface area contributed by atoms with Gasteiger partial charge in [0.25, 0.3) is 5.56 Å². The predicted octanol–water partition coefficient (Wildman–Crippen LogP) is 0.956. The first kappa shape index (κ1) is 11.9. The summed E-state index contributed by atoms with van der Waals surface area (Å²) in [5, 5.41) is 4.50. The maximum absolute atomic E-state index is 11.9. The third kappa shape index (κ3) is 1.98. The number of nitrogens with two attached hydrogens (primary N) is 1. The van der Waals surface area contributed by atoms with Crippen LogP contribution in [-0.4, -0.2) is 21.1 Å². The molecule has 17 heavy (non-hydrogen) atoms. The lowest BCUT2D eigenvalue weighted by Gasteiger charge is -2.05. The molecule has 0 atom stereocenters. The Morgan fingerprint density at radius 2 is 2.24 bits per heavy atom. The maximum atomic E-state index is 11.9. The number of nitrogens with zero attached hydrogens (tertiary/aromatic N) is 2. The Bertz CT molecular complexity index is 594. The molecule has 0 aromatic carbocycles. The average molecular weight is 234 g/mol. The molecular weight excluding hydrogens is 216 g/mol. The molecule has 0 aliphatic carbocycles. The normalized spacial score (nSPS) is 11.6. The van der Waals surface area contributed by atoms with E-state index in [1.807, 2.05) is 13.0 Å². The zero-order valence-electron chi connectivity index (χ0n) is 10.4. The van der Waals surface area contributed by atoms with E-state index in [0.717, 1.165) is 22.6 Å². The van der Waals surface area contributed by atoms with Crippen molar-refractivity contribution in [2.45, 2.75) is 33.1 Å². The molecule has 5 heteroatoms. The van der Waals surface area contributed by atoms with Crippen molar-refractivity contribution in [2.75, 3.05) is 6.54 Å². The Balaban J connectivity index is 2.69. The molecule has 5 nitrogen and oxygen atoms in total. The summed E-state index contributed by atoms with van der Waals surface area (Å²) < 4.78 is 1.79. The predicted molar refractivity (Wildman–Crippen MR) is 67.4 cm³/mol. The molecule has 2 aromatic rings. The van der Waals surface area contributed by atoms with Gasteiger partial charge in [0.15, 0.2) is 0 Å². The van der Waals surface area contributed by atoms with Gasteiger partial charge in [-0.15, -0.1) is 0 Å². The molecule has 0 saturated heterocycles. The summed E-state index contributed by atoms with van der Waals surface area (Å²) in [6.45, 7) is 6.53. The van der Waals surface area contributed by atoms with Gasteiger partial charge in [-0.1, -0.05) is 13.8 Å². The quantitative estimate of drug-likeness (QED) is 0.830. The Labute approximate surface area is 99.6 Å². The van der Waals surface area contributed by atoms with Crippen molar-refractivity contribution >= 4 is 5.65 Å². The molecule has 0 aliphatic heterocycles. The monoisotopic (exact) mass is 234 g/mol. The lowest BCUT2D eigenvalue weighted by molar-refractivity contribution is 0.764. The summed E-state index contributed by atoms with van der Waals surface area (Å²) in [6, 6.07) is 1.92. The van der Waals surface area contributed by atoms with Crippen molar-refractivity contribution in [1.82, 2.24) is 14.6 Å². The standard InChI is InChI=1S/C12H18N4O/c1-7(2)10-6-11-14-12(17)9(4-5-13)8(3)16(11)15-10/h6-7H,4-5,13H2,1-3H3,(H,14,17). The van der Waals surface area contributed by atoms with E-state index in [0.29, 0.717) is 18.9 Å². The first-order valence-corrected chi connectivity index (χ1v) is 5.86. The highest BCUT2D eigenvalue weighted by molar-refractivity contribution is 5.42. The summed E-state index contributed by atoms with van der Waals surface area (Å²) in [7, 11) is 0. The number of nitrogens with one attached hydrogen (secondary N) is 1. The molecule has 0 saturated carbocycles. The number of aryl methyl sites for hydroxylation is 1. The molecule has 0 bridgehead atoms. The molecular formula is C12H18N4O. The number of aromatic nitrogens is 3. The summed E-state index contributed by atoms with van der Waals surface area (Å²) in [5.41, 5.74) is 8.78. The summed E-state index contributed by atoms with van der Waals surface area (Å²) in [4.78, 5) is 14.7. The van der Waals surface area contributed by atoms with E-state index in [1.165, 1.54) is 0 Å². The number of aromatic amines is 1. The number of hydrogen-bond donors (Lipinski definition) is 2. The Morgan fingerprint density at radius 3 is 2.82 bits per heavy atom. The van der Waals surface area contributed by atoms with Crippen LogP contribution in [0.4, 0.5) is 0 Å². The molecule has 0 fully saturated rings. The van der Waals surface area contributed by atoms with Crippen LogP contribution < -0.4 is 11.3 Å². The summed E-state index contributed by atoms with van der Waals surface area (Å²) >= 11 is 0. The Kier molecular flexibility index (Phi) is 3.02. The average Bonchev–Trinajstić information content (AvgIpc) is 2.68. The van der Waals surface area contributed by atoms with Crippen molar-refractivity contribution in [3.05, 3.63) is 33.4 Å². The zero-order chi connectivity index (χ0) is 12.6. The van der Waals surface area contributed by atoms with Gasteiger partial charge in [0.1, 0.15) is 5.65 Å². The largest absolute Gasteiger partial charge is 0.330 e. The van der Waals surface area contributed by atoms with E-state index >= 15 is 0 Å². The molecule has 0 spiro atoms. The van der Waals surface area contributed by atoms with E-state index in [1.54, 1.807) is 4.52 Å². The van der Waals surface area contributed by atoms with Crippen molar-refractivity contribution in [3.8, 4) is 0 Å². The van der Waals surface area contributed by atoms with Gasteiger partial charge >= 0.3 is 0 Å². The van der Waals surface area contributed by atoms with Crippen LogP contribution in [0.25, 0.3) is 5.65 Å². The minimum absolute atomic E-state index is 0.0596. The zero-order valence-corrected chi connectivity index (χ0v) is 10.4. The topological polar surface area (TPSA) is 76.2 Å². The van der Waals surface area contributed by atoms with Crippen LogP contribution in [-0.2, 0) is 6.42 Å². The van der Waals surface area contributed by atoms with E-state index in [9.17, 15) is 4.79 Å². The minimum Gasteiger partial charge on any atom is -0.330 e. The van der Waals surface area contributed by atoms with Gasteiger partial charge in [-0.2, -0.15) is 5.10 Å². The molecule has 2 aromatic heterocycles. The minimum atomic E-state index is -0.0596. The van der Waals surface area contributed by atoms with E-state index in [2.05, 4.69) is 23.9 Å². The van der Waals surface area contributed by atoms with Gasteiger partial charge in [0.05, 0.1) is 5.69 Å². The second-order valence-corrected chi connectivity index (χ2v) is 4.58. The molecule has 0 radical (unpaired) electrons. The fraction of sp³-hybridized carbons (Fsp3) is 0.500. The highest BCUT2D eigenvalue weighted by Crippen LogP contribution is 2.15. The smallest absolute Gasteiger partial charge is 0.254 e. The third-order valence-electron chi connectivity index (χ3n) is 2.98. The highest BCUT2D eigenvalue weighted by atomic mass is 16.1. The Hall–Kier alpha value is -1.62. The first-order valence-electron chi connectivity index (χ1n) is 5.86. The fourth-order valence-corrected chi connectivity index (χ4v) is 1.95. The van der Waals surface area contributed by atoms with Gasteiger partial charge < -0.3 is 10.7 Å². The van der Waals surface area contributed by atoms with Crippen molar-refractivity contribution in [3.63, 3.8) is 0 Å². The second kappa shape index (κ2) is 4.33.